The zero-order chi connectivity index (χ0) is 13.2. The van der Waals surface area contributed by atoms with Gasteiger partial charge in [0.05, 0.1) is 6.54 Å². The van der Waals surface area contributed by atoms with Crippen molar-refractivity contribution in [3.8, 4) is 0 Å². The standard InChI is InChI=1S/C12H16N2O4/c1-9(17-15)8-14(12(18-16)6-7-12)11-4-2-10(13)3-5-11/h2-5,15-16H,1,6-8,13H2/p+1. The molecule has 1 aliphatic rings. The van der Waals surface area contributed by atoms with E-state index in [4.69, 9.17) is 10.5 Å². The lowest BCUT2D eigenvalue weighted by Gasteiger charge is -2.31. The van der Waals surface area contributed by atoms with E-state index in [1.807, 2.05) is 24.3 Å². The normalized spacial score (nSPS) is 16.2. The van der Waals surface area contributed by atoms with Crippen LogP contribution in [0.2, 0.25) is 0 Å². The fraction of sp³-hybridized carbons (Fsp3) is 0.333. The molecule has 18 heavy (non-hydrogen) atoms. The lowest BCUT2D eigenvalue weighted by Crippen LogP contribution is -2.42. The summed E-state index contributed by atoms with van der Waals surface area (Å²) in [5, 5.41) is 17.6. The third-order valence-electron chi connectivity index (χ3n) is 3.05. The minimum atomic E-state index is -0.746. The van der Waals surface area contributed by atoms with Crippen LogP contribution in [0.4, 0.5) is 11.4 Å². The van der Waals surface area contributed by atoms with E-state index in [9.17, 15) is 0 Å². The third kappa shape index (κ3) is 2.46. The van der Waals surface area contributed by atoms with Crippen LogP contribution < -0.4 is 10.6 Å². The molecule has 0 amide bonds. The molecule has 2 rings (SSSR count). The molecule has 0 radical (unpaired) electrons. The molecule has 5 N–H and O–H groups in total. The summed E-state index contributed by atoms with van der Waals surface area (Å²) in [6.45, 7) is 3.80. The van der Waals surface area contributed by atoms with Crippen LogP contribution >= 0.6 is 0 Å². The van der Waals surface area contributed by atoms with E-state index in [-0.39, 0.29) is 12.3 Å². The average Bonchev–Trinajstić information content (AvgIpc) is 3.18. The summed E-state index contributed by atoms with van der Waals surface area (Å²) in [5.41, 5.74) is 4.80. The molecule has 0 spiro atoms. The number of nitrogens with zero attached hydrogens (tertiary/aromatic N) is 1. The lowest BCUT2D eigenvalue weighted by molar-refractivity contribution is -0.291. The van der Waals surface area contributed by atoms with E-state index in [2.05, 4.69) is 22.1 Å². The molecule has 0 unspecified atom stereocenters. The summed E-state index contributed by atoms with van der Waals surface area (Å²) in [6.07, 6.45) is 1.41. The number of anilines is 1. The Balaban J connectivity index is 2.24. The maximum absolute atomic E-state index is 9.04. The van der Waals surface area contributed by atoms with Gasteiger partial charge in [0.2, 0.25) is 0 Å². The van der Waals surface area contributed by atoms with Gasteiger partial charge >= 0.3 is 0 Å². The summed E-state index contributed by atoms with van der Waals surface area (Å²) in [5.74, 6) is 0.178. The van der Waals surface area contributed by atoms with Crippen molar-refractivity contribution in [2.24, 2.45) is 0 Å². The molecular weight excluding hydrogens is 236 g/mol. The minimum Gasteiger partial charge on any atom is -0.343 e. The lowest BCUT2D eigenvalue weighted by atomic mass is 10.2. The van der Waals surface area contributed by atoms with Crippen molar-refractivity contribution in [1.29, 1.82) is 0 Å². The van der Waals surface area contributed by atoms with Gasteiger partial charge in [-0.3, -0.25) is 0 Å². The van der Waals surface area contributed by atoms with Crippen LogP contribution in [-0.2, 0) is 9.78 Å². The van der Waals surface area contributed by atoms with Gasteiger partial charge in [0.15, 0.2) is 11.5 Å². The van der Waals surface area contributed by atoms with Gasteiger partial charge in [0, 0.05) is 30.7 Å². The van der Waals surface area contributed by atoms with Crippen molar-refractivity contribution >= 4 is 11.4 Å². The van der Waals surface area contributed by atoms with Gasteiger partial charge in [-0.05, 0) is 12.1 Å². The summed E-state index contributed by atoms with van der Waals surface area (Å²) in [7, 11) is 0. The Morgan fingerprint density at radius 3 is 2.39 bits per heavy atom. The molecule has 6 heteroatoms. The van der Waals surface area contributed by atoms with Gasteiger partial charge in [0.25, 0.3) is 0 Å². The Morgan fingerprint density at radius 1 is 1.33 bits per heavy atom. The van der Waals surface area contributed by atoms with Crippen LogP contribution in [0.25, 0.3) is 0 Å². The Hall–Kier alpha value is -1.60. The van der Waals surface area contributed by atoms with Gasteiger partial charge in [-0.2, -0.15) is 0 Å². The van der Waals surface area contributed by atoms with Crippen molar-refractivity contribution in [1.82, 2.24) is 0 Å². The van der Waals surface area contributed by atoms with Gasteiger partial charge in [-0.1, -0.05) is 6.58 Å². The predicted octanol–water partition coefficient (Wildman–Crippen LogP) is 1.35. The molecule has 1 fully saturated rings. The molecule has 1 aliphatic carbocycles. The number of hydrogen-bond acceptors (Lipinski definition) is 5. The summed E-state index contributed by atoms with van der Waals surface area (Å²) in [6, 6.07) is 7.45. The number of benzene rings is 1. The molecule has 0 heterocycles. The molecule has 1 aromatic carbocycles. The molecular formula is C12H17N2O4+. The van der Waals surface area contributed by atoms with E-state index in [0.717, 1.165) is 11.4 Å². The van der Waals surface area contributed by atoms with E-state index in [0.29, 0.717) is 12.8 Å². The largest absolute Gasteiger partial charge is 0.343 e. The second-order valence-electron chi connectivity index (χ2n) is 4.42. The molecule has 0 aromatic heterocycles. The first kappa shape index (κ1) is 12.8. The van der Waals surface area contributed by atoms with Crippen LogP contribution in [0, 0.1) is 0 Å². The maximum Gasteiger partial charge on any atom is 0.175 e. The molecule has 1 saturated carbocycles. The third-order valence-corrected chi connectivity index (χ3v) is 3.05. The first-order chi connectivity index (χ1) is 8.61. The van der Waals surface area contributed by atoms with Crippen molar-refractivity contribution < 1.29 is 26.0 Å². The first-order valence-electron chi connectivity index (χ1n) is 5.63. The number of hydrogen-bond donors (Lipinski definition) is 3. The molecule has 1 aromatic rings. The van der Waals surface area contributed by atoms with Crippen molar-refractivity contribution in [2.45, 2.75) is 18.6 Å². The molecule has 0 bridgehead atoms. The summed E-state index contributed by atoms with van der Waals surface area (Å²) in [4.78, 5) is 10.5. The molecule has 0 aliphatic heterocycles. The van der Waals surface area contributed by atoms with Crippen LogP contribution in [0.3, 0.4) is 0 Å². The minimum absolute atomic E-state index is 0.178. The Bertz CT molecular complexity index is 428. The zero-order valence-electron chi connectivity index (χ0n) is 10.0. The van der Waals surface area contributed by atoms with Gasteiger partial charge in [-0.25, -0.2) is 15.4 Å². The second kappa shape index (κ2) is 4.95. The van der Waals surface area contributed by atoms with Gasteiger partial charge < -0.3 is 15.5 Å². The van der Waals surface area contributed by atoms with Gasteiger partial charge in [-0.15, -0.1) is 0 Å². The maximum atomic E-state index is 9.04. The highest BCUT2D eigenvalue weighted by Crippen LogP contribution is 2.44. The van der Waals surface area contributed by atoms with Crippen molar-refractivity contribution in [3.05, 3.63) is 36.6 Å². The van der Waals surface area contributed by atoms with Crippen molar-refractivity contribution in [3.63, 3.8) is 0 Å². The molecule has 98 valence electrons. The van der Waals surface area contributed by atoms with Crippen LogP contribution in [0.15, 0.2) is 36.6 Å². The highest BCUT2D eigenvalue weighted by Gasteiger charge is 2.51. The number of rotatable bonds is 6. The fourth-order valence-corrected chi connectivity index (χ4v) is 1.87. The first-order valence-corrected chi connectivity index (χ1v) is 5.63. The number of quaternary nitrogens is 1. The quantitative estimate of drug-likeness (QED) is 0.308. The highest BCUT2D eigenvalue weighted by atomic mass is 17.1. The molecule has 0 atom stereocenters. The van der Waals surface area contributed by atoms with E-state index >= 15 is 0 Å². The Labute approximate surface area is 105 Å². The fourth-order valence-electron chi connectivity index (χ4n) is 1.87. The SMILES string of the molecule is C=C(CN(c1ccc([NH3+])cc1)C1(OO)CC1)OO. The molecule has 6 nitrogen and oxygen atoms in total. The topological polar surface area (TPSA) is 89.8 Å². The summed E-state index contributed by atoms with van der Waals surface area (Å²) >= 11 is 0. The van der Waals surface area contributed by atoms with E-state index in [1.165, 1.54) is 0 Å². The van der Waals surface area contributed by atoms with E-state index < -0.39 is 5.72 Å². The second-order valence-corrected chi connectivity index (χ2v) is 4.42. The molecule has 0 saturated heterocycles. The Kier molecular flexibility index (Phi) is 3.53. The van der Waals surface area contributed by atoms with Gasteiger partial charge in [0.1, 0.15) is 5.69 Å². The van der Waals surface area contributed by atoms with E-state index in [1.54, 1.807) is 4.90 Å². The van der Waals surface area contributed by atoms with Crippen LogP contribution in [0.5, 0.6) is 0 Å². The van der Waals surface area contributed by atoms with Crippen LogP contribution in [-0.4, -0.2) is 22.8 Å². The predicted molar refractivity (Wildman–Crippen MR) is 64.9 cm³/mol. The monoisotopic (exact) mass is 253 g/mol. The summed E-state index contributed by atoms with van der Waals surface area (Å²) < 4.78 is 0. The average molecular weight is 253 g/mol. The van der Waals surface area contributed by atoms with Crippen molar-refractivity contribution in [2.75, 3.05) is 11.4 Å². The highest BCUT2D eigenvalue weighted by molar-refractivity contribution is 5.54. The zero-order valence-corrected chi connectivity index (χ0v) is 10.0. The smallest absolute Gasteiger partial charge is 0.175 e. The Morgan fingerprint density at radius 2 is 1.94 bits per heavy atom. The van der Waals surface area contributed by atoms with Crippen LogP contribution in [0.1, 0.15) is 12.8 Å².